The molecule has 2 N–H and O–H groups in total. The summed E-state index contributed by atoms with van der Waals surface area (Å²) in [5, 5.41) is 19.2. The van der Waals surface area contributed by atoms with Crippen LogP contribution in [0.1, 0.15) is 49.8 Å². The molecule has 2 aliphatic carbocycles. The number of phenols is 1. The Morgan fingerprint density at radius 3 is 2.40 bits per heavy atom. The molecule has 0 bridgehead atoms. The highest BCUT2D eigenvalue weighted by Crippen LogP contribution is 2.46. The number of hydrogen-bond donors (Lipinski definition) is 2. The minimum absolute atomic E-state index is 0.119. The molecule has 4 rings (SSSR count). The summed E-state index contributed by atoms with van der Waals surface area (Å²) >= 11 is 0. The second-order valence-corrected chi connectivity index (χ2v) is 8.88. The van der Waals surface area contributed by atoms with E-state index in [2.05, 4.69) is 18.8 Å². The van der Waals surface area contributed by atoms with Crippen molar-refractivity contribution in [3.63, 3.8) is 0 Å². The van der Waals surface area contributed by atoms with Gasteiger partial charge in [0.1, 0.15) is 11.5 Å². The van der Waals surface area contributed by atoms with Gasteiger partial charge in [0, 0.05) is 17.6 Å². The molecule has 0 fully saturated rings. The first-order valence-electron chi connectivity index (χ1n) is 10.2. The van der Waals surface area contributed by atoms with E-state index in [-0.39, 0.29) is 29.1 Å². The largest absolute Gasteiger partial charge is 0.508 e. The zero-order valence-corrected chi connectivity index (χ0v) is 17.2. The topological polar surface area (TPSA) is 87.0 Å². The second kappa shape index (κ2) is 7.56. The van der Waals surface area contributed by atoms with Crippen LogP contribution in [0.3, 0.4) is 0 Å². The number of benzene rings is 2. The van der Waals surface area contributed by atoms with E-state index < -0.39 is 12.0 Å². The number of hydrogen-bond acceptors (Lipinski definition) is 4. The van der Waals surface area contributed by atoms with E-state index in [1.165, 1.54) is 12.1 Å². The molecule has 1 unspecified atom stereocenters. The van der Waals surface area contributed by atoms with Gasteiger partial charge in [0.2, 0.25) is 5.78 Å². The Bertz CT molecular complexity index is 1080. The molecule has 5 nitrogen and oxygen atoms in total. The van der Waals surface area contributed by atoms with Crippen LogP contribution in [0.5, 0.6) is 5.75 Å². The highest BCUT2D eigenvalue weighted by Gasteiger charge is 2.37. The van der Waals surface area contributed by atoms with Crippen molar-refractivity contribution in [1.29, 1.82) is 0 Å². The van der Waals surface area contributed by atoms with Crippen LogP contribution in [0.2, 0.25) is 0 Å². The van der Waals surface area contributed by atoms with Gasteiger partial charge >= 0.3 is 5.97 Å². The number of fused-ring (bicyclic) bond motifs is 2. The third-order valence-electron chi connectivity index (χ3n) is 6.00. The van der Waals surface area contributed by atoms with E-state index in [1.807, 2.05) is 24.3 Å². The molecular formula is C25H25NO4. The number of carboxylic acids is 1. The molecule has 1 atom stereocenters. The lowest BCUT2D eigenvalue weighted by Crippen LogP contribution is -2.32. The molecule has 0 radical (unpaired) electrons. The second-order valence-electron chi connectivity index (χ2n) is 8.88. The van der Waals surface area contributed by atoms with E-state index >= 15 is 0 Å². The Kier molecular flexibility index (Phi) is 5.06. The fraction of sp³-hybridized carbons (Fsp3) is 0.320. The van der Waals surface area contributed by atoms with Gasteiger partial charge < -0.3 is 10.2 Å². The zero-order valence-electron chi connectivity index (χ0n) is 17.2. The molecule has 154 valence electrons. The lowest BCUT2D eigenvalue weighted by atomic mass is 9.68. The maximum atomic E-state index is 13.4. The fourth-order valence-electron chi connectivity index (χ4n) is 4.34. The Labute approximate surface area is 175 Å². The molecule has 0 saturated heterocycles. The predicted octanol–water partition coefficient (Wildman–Crippen LogP) is 4.42. The predicted molar refractivity (Wildman–Crippen MR) is 116 cm³/mol. The zero-order chi connectivity index (χ0) is 21.5. The average Bonchev–Trinajstić information content (AvgIpc) is 2.71. The number of aromatic hydroxyl groups is 1. The van der Waals surface area contributed by atoms with E-state index in [1.54, 1.807) is 12.1 Å². The summed E-state index contributed by atoms with van der Waals surface area (Å²) in [7, 11) is 0. The normalized spacial score (nSPS) is 19.9. The molecule has 5 heteroatoms. The van der Waals surface area contributed by atoms with E-state index in [9.17, 15) is 19.8 Å². The first-order valence-corrected chi connectivity index (χ1v) is 10.2. The smallest absolute Gasteiger partial charge is 0.328 e. The average molecular weight is 403 g/mol. The van der Waals surface area contributed by atoms with Crippen LogP contribution in [-0.2, 0) is 16.0 Å². The number of ketones is 1. The van der Waals surface area contributed by atoms with Gasteiger partial charge in [-0.2, -0.15) is 0 Å². The number of carbonyl (C=O) groups is 2. The van der Waals surface area contributed by atoms with Gasteiger partial charge in [0.05, 0.1) is 0 Å². The molecule has 0 spiro atoms. The molecule has 2 aliphatic rings. The first kappa shape index (κ1) is 20.1. The van der Waals surface area contributed by atoms with Crippen LogP contribution in [0, 0.1) is 5.41 Å². The minimum atomic E-state index is -1.08. The number of carboxylic acid groups (broad SMARTS) is 1. The summed E-state index contributed by atoms with van der Waals surface area (Å²) < 4.78 is 0. The van der Waals surface area contributed by atoms with Gasteiger partial charge in [0.15, 0.2) is 6.04 Å². The maximum Gasteiger partial charge on any atom is 0.328 e. The van der Waals surface area contributed by atoms with Gasteiger partial charge in [-0.3, -0.25) is 9.79 Å². The summed E-state index contributed by atoms with van der Waals surface area (Å²) in [5.41, 5.74) is 4.68. The van der Waals surface area contributed by atoms with Gasteiger partial charge in [-0.05, 0) is 53.5 Å². The summed E-state index contributed by atoms with van der Waals surface area (Å²) in [6.07, 6.45) is 2.58. The molecule has 0 saturated carbocycles. The number of carbonyl (C=O) groups excluding carboxylic acids is 1. The van der Waals surface area contributed by atoms with Crippen LogP contribution in [-0.4, -0.2) is 33.7 Å². The Balaban J connectivity index is 1.77. The number of nitrogens with zero attached hydrogens (tertiary/aromatic N) is 1. The van der Waals surface area contributed by atoms with E-state index in [4.69, 9.17) is 0 Å². The van der Waals surface area contributed by atoms with Gasteiger partial charge in [-0.25, -0.2) is 4.79 Å². The van der Waals surface area contributed by atoms with Crippen molar-refractivity contribution < 1.29 is 19.8 Å². The van der Waals surface area contributed by atoms with Crippen LogP contribution in [0.4, 0.5) is 0 Å². The summed E-state index contributed by atoms with van der Waals surface area (Å²) in [6.45, 7) is 4.43. The van der Waals surface area contributed by atoms with Crippen molar-refractivity contribution in [1.82, 2.24) is 0 Å². The first-order chi connectivity index (χ1) is 14.2. The van der Waals surface area contributed by atoms with Crippen LogP contribution >= 0.6 is 0 Å². The number of allylic oxidation sites excluding steroid dienone is 2. The molecule has 0 aromatic heterocycles. The number of aliphatic imine (C=N–C) groups is 1. The van der Waals surface area contributed by atoms with Crippen molar-refractivity contribution in [2.45, 2.75) is 45.6 Å². The third-order valence-corrected chi connectivity index (χ3v) is 6.00. The SMILES string of the molecule is CC1(C)CCC2=C(C1)c1ccccc1/C(=N/C(Cc1ccc(O)cc1)C(=O)O)C2=O. The van der Waals surface area contributed by atoms with Crippen LogP contribution < -0.4 is 0 Å². The molecule has 0 aliphatic heterocycles. The Hall–Kier alpha value is -3.21. The summed E-state index contributed by atoms with van der Waals surface area (Å²) in [6, 6.07) is 13.0. The summed E-state index contributed by atoms with van der Waals surface area (Å²) in [4.78, 5) is 29.8. The van der Waals surface area contributed by atoms with Crippen LogP contribution in [0.25, 0.3) is 5.57 Å². The van der Waals surface area contributed by atoms with Crippen molar-refractivity contribution in [2.75, 3.05) is 0 Å². The Morgan fingerprint density at radius 2 is 1.73 bits per heavy atom. The number of aliphatic carboxylic acids is 1. The monoisotopic (exact) mass is 403 g/mol. The van der Waals surface area contributed by atoms with E-state index in [0.29, 0.717) is 6.42 Å². The lowest BCUT2D eigenvalue weighted by Gasteiger charge is -2.36. The number of rotatable bonds is 4. The van der Waals surface area contributed by atoms with Crippen molar-refractivity contribution in [3.8, 4) is 5.75 Å². The number of phenolic OH excluding ortho intramolecular Hbond substituents is 1. The van der Waals surface area contributed by atoms with Gasteiger partial charge in [-0.1, -0.05) is 50.2 Å². The van der Waals surface area contributed by atoms with Gasteiger partial charge in [-0.15, -0.1) is 0 Å². The molecule has 0 heterocycles. The van der Waals surface area contributed by atoms with Crippen molar-refractivity contribution in [3.05, 3.63) is 70.8 Å². The quantitative estimate of drug-likeness (QED) is 0.791. The number of Topliss-reactive ketones (excluding diaryl/α,β-unsaturated/α-hetero) is 1. The fourth-order valence-corrected chi connectivity index (χ4v) is 4.34. The molecule has 2 aromatic carbocycles. The molecule has 30 heavy (non-hydrogen) atoms. The highest BCUT2D eigenvalue weighted by molar-refractivity contribution is 6.54. The molecule has 2 aromatic rings. The summed E-state index contributed by atoms with van der Waals surface area (Å²) in [5.74, 6) is -1.10. The van der Waals surface area contributed by atoms with E-state index in [0.717, 1.165) is 40.7 Å². The maximum absolute atomic E-state index is 13.4. The third kappa shape index (κ3) is 3.80. The van der Waals surface area contributed by atoms with Crippen molar-refractivity contribution >= 4 is 23.0 Å². The standard InChI is InChI=1S/C25H25NO4/c1-25(2)12-11-19-20(14-25)17-5-3-4-6-18(17)22(23(19)28)26-21(24(29)30)13-15-7-9-16(27)10-8-15/h3-10,21,27H,11-14H2,1-2H3,(H,29,30)/b26-22-. The molecule has 0 amide bonds. The lowest BCUT2D eigenvalue weighted by molar-refractivity contribution is -0.138. The molecular weight excluding hydrogens is 378 g/mol. The Morgan fingerprint density at radius 1 is 1.07 bits per heavy atom. The minimum Gasteiger partial charge on any atom is -0.508 e. The highest BCUT2D eigenvalue weighted by atomic mass is 16.4. The van der Waals surface area contributed by atoms with Gasteiger partial charge in [0.25, 0.3) is 0 Å². The van der Waals surface area contributed by atoms with Crippen LogP contribution in [0.15, 0.2) is 59.1 Å². The van der Waals surface area contributed by atoms with Crippen molar-refractivity contribution in [2.24, 2.45) is 10.4 Å².